The Morgan fingerprint density at radius 2 is 1.92 bits per heavy atom. The highest BCUT2D eigenvalue weighted by atomic mass is 16.5. The lowest BCUT2D eigenvalue weighted by atomic mass is 9.88. The summed E-state index contributed by atoms with van der Waals surface area (Å²) in [6, 6.07) is 7.14. The van der Waals surface area contributed by atoms with Crippen LogP contribution < -0.4 is 10.6 Å². The van der Waals surface area contributed by atoms with Crippen LogP contribution in [0.5, 0.6) is 0 Å². The van der Waals surface area contributed by atoms with Gasteiger partial charge in [-0.25, -0.2) is 0 Å². The third kappa shape index (κ3) is 4.57. The van der Waals surface area contributed by atoms with Gasteiger partial charge in [0.1, 0.15) is 0 Å². The zero-order valence-electron chi connectivity index (χ0n) is 14.1. The maximum Gasteiger partial charge on any atom is 0.251 e. The quantitative estimate of drug-likeness (QED) is 0.872. The Morgan fingerprint density at radius 3 is 2.67 bits per heavy atom. The topological polar surface area (TPSA) is 67.4 Å². The van der Waals surface area contributed by atoms with Crippen molar-refractivity contribution in [2.75, 3.05) is 18.5 Å². The van der Waals surface area contributed by atoms with E-state index < -0.39 is 0 Å². The molecule has 1 saturated heterocycles. The highest BCUT2D eigenvalue weighted by molar-refractivity contribution is 5.97. The molecule has 1 heterocycles. The normalized spacial score (nSPS) is 21.4. The van der Waals surface area contributed by atoms with E-state index in [2.05, 4.69) is 10.6 Å². The van der Waals surface area contributed by atoms with E-state index in [1.807, 2.05) is 6.07 Å². The molecule has 1 aliphatic heterocycles. The Balaban J connectivity index is 1.54. The van der Waals surface area contributed by atoms with Crippen molar-refractivity contribution < 1.29 is 14.3 Å². The molecule has 1 aromatic rings. The zero-order valence-corrected chi connectivity index (χ0v) is 14.1. The summed E-state index contributed by atoms with van der Waals surface area (Å²) in [5, 5.41) is 5.87. The predicted molar refractivity (Wildman–Crippen MR) is 93.0 cm³/mol. The molecule has 3 rings (SSSR count). The summed E-state index contributed by atoms with van der Waals surface area (Å²) in [7, 11) is 0. The van der Waals surface area contributed by atoms with Gasteiger partial charge in [0.05, 0.1) is 6.10 Å². The van der Waals surface area contributed by atoms with E-state index in [1.54, 1.807) is 18.2 Å². The number of carbonyl (C=O) groups excluding carboxylic acids is 2. The van der Waals surface area contributed by atoms with Crippen LogP contribution in [0.25, 0.3) is 0 Å². The summed E-state index contributed by atoms with van der Waals surface area (Å²) in [4.78, 5) is 24.6. The molecule has 0 aromatic heterocycles. The van der Waals surface area contributed by atoms with Crippen LogP contribution in [-0.2, 0) is 9.53 Å². The third-order valence-corrected chi connectivity index (χ3v) is 4.88. The van der Waals surface area contributed by atoms with E-state index >= 15 is 0 Å². The van der Waals surface area contributed by atoms with Crippen LogP contribution in [0.2, 0.25) is 0 Å². The van der Waals surface area contributed by atoms with Gasteiger partial charge in [-0.1, -0.05) is 25.3 Å². The third-order valence-electron chi connectivity index (χ3n) is 4.88. The van der Waals surface area contributed by atoms with E-state index in [1.165, 1.54) is 6.42 Å². The SMILES string of the molecule is O=C(NC[C@H]1CCCO1)c1cccc(NC(=O)C2CCCCC2)c1. The van der Waals surface area contributed by atoms with Gasteiger partial charge in [0.15, 0.2) is 0 Å². The molecule has 2 amide bonds. The molecule has 2 aliphatic rings. The molecule has 0 radical (unpaired) electrons. The fourth-order valence-electron chi connectivity index (χ4n) is 3.46. The summed E-state index contributed by atoms with van der Waals surface area (Å²) in [6.07, 6.45) is 7.60. The fraction of sp³-hybridized carbons (Fsp3) is 0.579. The number of rotatable bonds is 5. The van der Waals surface area contributed by atoms with Crippen LogP contribution >= 0.6 is 0 Å². The summed E-state index contributed by atoms with van der Waals surface area (Å²) in [5.74, 6) is 0.0571. The number of anilines is 1. The molecule has 5 heteroatoms. The second-order valence-electron chi connectivity index (χ2n) is 6.75. The molecule has 1 atom stereocenters. The van der Waals surface area contributed by atoms with Gasteiger partial charge in [-0.15, -0.1) is 0 Å². The van der Waals surface area contributed by atoms with Crippen molar-refractivity contribution in [3.8, 4) is 0 Å². The van der Waals surface area contributed by atoms with Gasteiger partial charge in [-0.05, 0) is 43.9 Å². The lowest BCUT2D eigenvalue weighted by Gasteiger charge is -2.20. The average Bonchev–Trinajstić information content (AvgIpc) is 3.14. The Kier molecular flexibility index (Phi) is 5.86. The Morgan fingerprint density at radius 1 is 1.08 bits per heavy atom. The van der Waals surface area contributed by atoms with Gasteiger partial charge in [0.25, 0.3) is 5.91 Å². The molecule has 1 aliphatic carbocycles. The summed E-state index contributed by atoms with van der Waals surface area (Å²) < 4.78 is 5.51. The number of nitrogens with one attached hydrogen (secondary N) is 2. The van der Waals surface area contributed by atoms with E-state index in [0.29, 0.717) is 17.8 Å². The molecule has 1 saturated carbocycles. The second kappa shape index (κ2) is 8.29. The molecule has 0 bridgehead atoms. The summed E-state index contributed by atoms with van der Waals surface area (Å²) in [5.41, 5.74) is 1.25. The van der Waals surface area contributed by atoms with Crippen LogP contribution in [0, 0.1) is 5.92 Å². The van der Waals surface area contributed by atoms with Crippen LogP contribution in [0.3, 0.4) is 0 Å². The predicted octanol–water partition coefficient (Wildman–Crippen LogP) is 3.11. The van der Waals surface area contributed by atoms with Gasteiger partial charge >= 0.3 is 0 Å². The highest BCUT2D eigenvalue weighted by Crippen LogP contribution is 2.25. The zero-order chi connectivity index (χ0) is 16.8. The molecular formula is C19H26N2O3. The standard InChI is InChI=1S/C19H26N2O3/c22-18(20-13-17-10-5-11-24-17)15-8-4-9-16(12-15)21-19(23)14-6-2-1-3-7-14/h4,8-9,12,14,17H,1-3,5-7,10-11,13H2,(H,20,22)(H,21,23)/t17-/m1/s1. The van der Waals surface area contributed by atoms with Crippen molar-refractivity contribution in [1.82, 2.24) is 5.32 Å². The minimum Gasteiger partial charge on any atom is -0.376 e. The van der Waals surface area contributed by atoms with Crippen molar-refractivity contribution in [2.45, 2.75) is 51.0 Å². The van der Waals surface area contributed by atoms with Crippen molar-refractivity contribution in [3.63, 3.8) is 0 Å². The van der Waals surface area contributed by atoms with Crippen LogP contribution in [0.1, 0.15) is 55.3 Å². The number of amides is 2. The molecule has 0 spiro atoms. The molecule has 24 heavy (non-hydrogen) atoms. The van der Waals surface area contributed by atoms with E-state index in [9.17, 15) is 9.59 Å². The minimum atomic E-state index is -0.126. The molecule has 1 aromatic carbocycles. The largest absolute Gasteiger partial charge is 0.376 e. The first-order chi connectivity index (χ1) is 11.7. The molecule has 130 valence electrons. The smallest absolute Gasteiger partial charge is 0.251 e. The van der Waals surface area contributed by atoms with Crippen molar-refractivity contribution in [2.24, 2.45) is 5.92 Å². The highest BCUT2D eigenvalue weighted by Gasteiger charge is 2.21. The van der Waals surface area contributed by atoms with Gasteiger partial charge in [-0.3, -0.25) is 9.59 Å². The lowest BCUT2D eigenvalue weighted by molar-refractivity contribution is -0.120. The Labute approximate surface area is 143 Å². The average molecular weight is 330 g/mol. The van der Waals surface area contributed by atoms with E-state index in [4.69, 9.17) is 4.74 Å². The molecule has 0 unspecified atom stereocenters. The Bertz CT molecular complexity index is 576. The minimum absolute atomic E-state index is 0.0756. The van der Waals surface area contributed by atoms with Gasteiger partial charge in [0.2, 0.25) is 5.91 Å². The number of carbonyl (C=O) groups is 2. The second-order valence-corrected chi connectivity index (χ2v) is 6.75. The molecule has 2 N–H and O–H groups in total. The van der Waals surface area contributed by atoms with Gasteiger partial charge in [-0.2, -0.15) is 0 Å². The molecule has 2 fully saturated rings. The van der Waals surface area contributed by atoms with Crippen LogP contribution in [-0.4, -0.2) is 31.1 Å². The number of ether oxygens (including phenoxy) is 1. The first-order valence-corrected chi connectivity index (χ1v) is 9.03. The Hall–Kier alpha value is -1.88. The van der Waals surface area contributed by atoms with Gasteiger partial charge < -0.3 is 15.4 Å². The lowest BCUT2D eigenvalue weighted by Crippen LogP contribution is -2.31. The van der Waals surface area contributed by atoms with Crippen molar-refractivity contribution >= 4 is 17.5 Å². The van der Waals surface area contributed by atoms with Crippen molar-refractivity contribution in [1.29, 1.82) is 0 Å². The summed E-state index contributed by atoms with van der Waals surface area (Å²) >= 11 is 0. The maximum absolute atomic E-state index is 12.3. The first kappa shape index (κ1) is 17.0. The van der Waals surface area contributed by atoms with Crippen LogP contribution in [0.4, 0.5) is 5.69 Å². The summed E-state index contributed by atoms with van der Waals surface area (Å²) in [6.45, 7) is 1.32. The van der Waals surface area contributed by atoms with Gasteiger partial charge in [0, 0.05) is 30.3 Å². The fourth-order valence-corrected chi connectivity index (χ4v) is 3.46. The number of benzene rings is 1. The number of hydrogen-bond acceptors (Lipinski definition) is 3. The van der Waals surface area contributed by atoms with Crippen LogP contribution in [0.15, 0.2) is 24.3 Å². The maximum atomic E-state index is 12.3. The number of hydrogen-bond donors (Lipinski definition) is 2. The van der Waals surface area contributed by atoms with E-state index in [0.717, 1.165) is 45.1 Å². The van der Waals surface area contributed by atoms with Crippen molar-refractivity contribution in [3.05, 3.63) is 29.8 Å². The first-order valence-electron chi connectivity index (χ1n) is 9.03. The molecule has 5 nitrogen and oxygen atoms in total. The van der Waals surface area contributed by atoms with E-state index in [-0.39, 0.29) is 23.8 Å². The monoisotopic (exact) mass is 330 g/mol. The molecular weight excluding hydrogens is 304 g/mol.